The van der Waals surface area contributed by atoms with Crippen molar-refractivity contribution in [3.05, 3.63) is 149 Å². The predicted octanol–water partition coefficient (Wildman–Crippen LogP) is 9.64. The second-order valence-corrected chi connectivity index (χ2v) is 10.4. The summed E-state index contributed by atoms with van der Waals surface area (Å²) in [7, 11) is 0. The van der Waals surface area contributed by atoms with E-state index in [0.717, 1.165) is 76.6 Å². The van der Waals surface area contributed by atoms with Crippen LogP contribution in [0.25, 0.3) is 16.7 Å². The van der Waals surface area contributed by atoms with E-state index in [1.807, 2.05) is 66.7 Å². The standard InChI is InChI=1S/C39H36O/c1-3-5-18-31(15-4-2)35-36(34-27-25-30(26-28-34)24-23-29-16-9-6-10-17-29)38(33-21-13-8-14-22-33)39(40)37(35)32-19-11-7-12-20-32/h6-14,16-17,19-22,25-28,31H,3-5,15,18H2,1-2H3. The van der Waals surface area contributed by atoms with Gasteiger partial charge in [-0.15, -0.1) is 0 Å². The van der Waals surface area contributed by atoms with Gasteiger partial charge in [-0.25, -0.2) is 0 Å². The Morgan fingerprint density at radius 3 is 1.57 bits per heavy atom. The van der Waals surface area contributed by atoms with E-state index in [2.05, 4.69) is 74.2 Å². The summed E-state index contributed by atoms with van der Waals surface area (Å²) in [5.74, 6) is 7.01. The number of ketones is 1. The molecule has 4 aromatic rings. The van der Waals surface area contributed by atoms with Gasteiger partial charge in [-0.2, -0.15) is 0 Å². The Labute approximate surface area is 239 Å². The lowest BCUT2D eigenvalue weighted by Crippen LogP contribution is -2.08. The topological polar surface area (TPSA) is 17.1 Å². The normalized spacial score (nSPS) is 13.8. The number of benzene rings is 4. The highest BCUT2D eigenvalue weighted by Gasteiger charge is 2.37. The van der Waals surface area contributed by atoms with Crippen LogP contribution >= 0.6 is 0 Å². The summed E-state index contributed by atoms with van der Waals surface area (Å²) in [5, 5.41) is 0. The number of carbonyl (C=O) groups excluding carboxylic acids is 1. The van der Waals surface area contributed by atoms with E-state index < -0.39 is 0 Å². The Morgan fingerprint density at radius 2 is 1.02 bits per heavy atom. The first-order chi connectivity index (χ1) is 19.7. The van der Waals surface area contributed by atoms with Crippen LogP contribution in [0, 0.1) is 17.8 Å². The molecule has 198 valence electrons. The van der Waals surface area contributed by atoms with Crippen LogP contribution in [-0.2, 0) is 4.79 Å². The molecular formula is C39H36O. The molecule has 5 rings (SSSR count). The van der Waals surface area contributed by atoms with Gasteiger partial charge in [0.05, 0.1) is 0 Å². The van der Waals surface area contributed by atoms with Gasteiger partial charge >= 0.3 is 0 Å². The van der Waals surface area contributed by atoms with Crippen LogP contribution in [0.4, 0.5) is 0 Å². The average molecular weight is 521 g/mol. The molecule has 0 heterocycles. The summed E-state index contributed by atoms with van der Waals surface area (Å²) < 4.78 is 0. The van der Waals surface area contributed by atoms with Crippen LogP contribution in [0.2, 0.25) is 0 Å². The Morgan fingerprint density at radius 1 is 0.525 bits per heavy atom. The van der Waals surface area contributed by atoms with Crippen molar-refractivity contribution >= 4 is 22.5 Å². The van der Waals surface area contributed by atoms with Crippen LogP contribution in [0.15, 0.2) is 121 Å². The van der Waals surface area contributed by atoms with E-state index in [0.29, 0.717) is 5.92 Å². The highest BCUT2D eigenvalue weighted by atomic mass is 16.1. The molecule has 1 nitrogen and oxygen atoms in total. The SMILES string of the molecule is CCCCC(CCC)C1=C(c2ccccc2)C(=O)C(c2ccccc2)=C1c1ccc(C#Cc2ccccc2)cc1. The molecule has 0 spiro atoms. The van der Waals surface area contributed by atoms with Crippen LogP contribution in [0.5, 0.6) is 0 Å². The molecule has 0 bridgehead atoms. The first-order valence-electron chi connectivity index (χ1n) is 14.5. The molecule has 4 aromatic carbocycles. The van der Waals surface area contributed by atoms with E-state index in [-0.39, 0.29) is 5.78 Å². The van der Waals surface area contributed by atoms with Crippen molar-refractivity contribution in [2.75, 3.05) is 0 Å². The van der Waals surface area contributed by atoms with Crippen LogP contribution in [-0.4, -0.2) is 5.78 Å². The zero-order chi connectivity index (χ0) is 27.7. The first kappa shape index (κ1) is 27.2. The minimum absolute atomic E-state index is 0.132. The van der Waals surface area contributed by atoms with Gasteiger partial charge in [-0.05, 0) is 70.9 Å². The van der Waals surface area contributed by atoms with Crippen molar-refractivity contribution in [3.8, 4) is 11.8 Å². The zero-order valence-corrected chi connectivity index (χ0v) is 23.5. The predicted molar refractivity (Wildman–Crippen MR) is 168 cm³/mol. The van der Waals surface area contributed by atoms with Crippen LogP contribution < -0.4 is 0 Å². The number of hydrogen-bond acceptors (Lipinski definition) is 1. The number of hydrogen-bond donors (Lipinski definition) is 0. The monoisotopic (exact) mass is 520 g/mol. The number of carbonyl (C=O) groups is 1. The second-order valence-electron chi connectivity index (χ2n) is 10.4. The summed E-state index contributed by atoms with van der Waals surface area (Å²) in [6.45, 7) is 4.50. The lowest BCUT2D eigenvalue weighted by Gasteiger charge is -2.23. The lowest BCUT2D eigenvalue weighted by molar-refractivity contribution is -0.108. The minimum atomic E-state index is 0.132. The fraction of sp³-hybridized carbons (Fsp3) is 0.205. The molecule has 0 fully saturated rings. The third kappa shape index (κ3) is 5.93. The third-order valence-corrected chi connectivity index (χ3v) is 7.62. The van der Waals surface area contributed by atoms with E-state index in [1.54, 1.807) is 0 Å². The van der Waals surface area contributed by atoms with E-state index in [4.69, 9.17) is 0 Å². The molecule has 1 atom stereocenters. The van der Waals surface area contributed by atoms with Crippen LogP contribution in [0.3, 0.4) is 0 Å². The van der Waals surface area contributed by atoms with Gasteiger partial charge in [0.25, 0.3) is 0 Å². The smallest absolute Gasteiger partial charge is 0.195 e. The lowest BCUT2D eigenvalue weighted by atomic mass is 9.80. The van der Waals surface area contributed by atoms with E-state index in [1.165, 1.54) is 5.57 Å². The van der Waals surface area contributed by atoms with Crippen molar-refractivity contribution in [3.63, 3.8) is 0 Å². The van der Waals surface area contributed by atoms with Crippen LogP contribution in [0.1, 0.15) is 73.8 Å². The molecule has 40 heavy (non-hydrogen) atoms. The molecule has 0 amide bonds. The van der Waals surface area contributed by atoms with Crippen molar-refractivity contribution in [1.29, 1.82) is 0 Å². The fourth-order valence-electron chi connectivity index (χ4n) is 5.72. The van der Waals surface area contributed by atoms with Gasteiger partial charge in [0.1, 0.15) is 0 Å². The van der Waals surface area contributed by atoms with Crippen molar-refractivity contribution < 1.29 is 4.79 Å². The summed E-state index contributed by atoms with van der Waals surface area (Å²) in [6.07, 6.45) is 5.50. The highest BCUT2D eigenvalue weighted by molar-refractivity contribution is 6.52. The molecule has 0 saturated carbocycles. The maximum Gasteiger partial charge on any atom is 0.195 e. The molecule has 1 heteroatoms. The maximum absolute atomic E-state index is 14.5. The molecule has 0 saturated heterocycles. The van der Waals surface area contributed by atoms with Crippen molar-refractivity contribution in [2.24, 2.45) is 5.92 Å². The van der Waals surface area contributed by atoms with Crippen molar-refractivity contribution in [1.82, 2.24) is 0 Å². The molecule has 0 aromatic heterocycles. The Bertz CT molecular complexity index is 1560. The fourth-order valence-corrected chi connectivity index (χ4v) is 5.72. The highest BCUT2D eigenvalue weighted by Crippen LogP contribution is 2.50. The summed E-state index contributed by atoms with van der Waals surface area (Å²) in [6, 6.07) is 39.0. The first-order valence-corrected chi connectivity index (χ1v) is 14.5. The number of allylic oxidation sites excluding steroid dienone is 4. The summed E-state index contributed by atoms with van der Waals surface area (Å²) >= 11 is 0. The second kappa shape index (κ2) is 13.1. The van der Waals surface area contributed by atoms with Gasteiger partial charge in [-0.1, -0.05) is 136 Å². The summed E-state index contributed by atoms with van der Waals surface area (Å²) in [5.41, 5.74) is 9.02. The van der Waals surface area contributed by atoms with E-state index in [9.17, 15) is 4.79 Å². The minimum Gasteiger partial charge on any atom is -0.289 e. The van der Waals surface area contributed by atoms with Gasteiger partial charge in [-0.3, -0.25) is 4.79 Å². The molecule has 0 radical (unpaired) electrons. The number of rotatable bonds is 9. The van der Waals surface area contributed by atoms with Gasteiger partial charge in [0.15, 0.2) is 5.78 Å². The van der Waals surface area contributed by atoms with Gasteiger partial charge < -0.3 is 0 Å². The zero-order valence-electron chi connectivity index (χ0n) is 23.5. The summed E-state index contributed by atoms with van der Waals surface area (Å²) in [4.78, 5) is 14.5. The molecule has 1 unspecified atom stereocenters. The van der Waals surface area contributed by atoms with E-state index >= 15 is 0 Å². The molecule has 1 aliphatic rings. The molecule has 1 aliphatic carbocycles. The Balaban J connectivity index is 1.69. The van der Waals surface area contributed by atoms with Crippen molar-refractivity contribution in [2.45, 2.75) is 46.0 Å². The Kier molecular flexibility index (Phi) is 8.89. The molecule has 0 N–H and O–H groups in total. The Hall–Kier alpha value is -4.41. The third-order valence-electron chi connectivity index (χ3n) is 7.62. The number of Topliss-reactive ketones (excluding diaryl/α,β-unsaturated/α-hetero) is 1. The maximum atomic E-state index is 14.5. The van der Waals surface area contributed by atoms with Gasteiger partial charge in [0, 0.05) is 22.3 Å². The molecular weight excluding hydrogens is 484 g/mol. The average Bonchev–Trinajstić information content (AvgIpc) is 3.32. The molecule has 0 aliphatic heterocycles. The van der Waals surface area contributed by atoms with Gasteiger partial charge in [0.2, 0.25) is 0 Å². The quantitative estimate of drug-likeness (QED) is 0.201. The number of unbranched alkanes of at least 4 members (excludes halogenated alkanes) is 1. The largest absolute Gasteiger partial charge is 0.289 e.